The molecule has 1 nitrogen and oxygen atoms in total. The maximum Gasteiger partial charge on any atom is 0.168 e. The minimum Gasteiger partial charge on any atom is -0.294 e. The molecule has 2 heteroatoms. The number of carbonyl (C=O) groups excluding carboxylic acids is 1. The Balaban J connectivity index is 2.25. The van der Waals surface area contributed by atoms with E-state index >= 15 is 0 Å². The molecule has 0 atom stereocenters. The highest BCUT2D eigenvalue weighted by molar-refractivity contribution is 6.34. The number of rotatable bonds is 3. The first-order chi connectivity index (χ1) is 8.95. The molecule has 0 unspecified atom stereocenters. The third-order valence-electron chi connectivity index (χ3n) is 3.07. The molecule has 2 rings (SSSR count). The Morgan fingerprint density at radius 3 is 2.16 bits per heavy atom. The highest BCUT2D eigenvalue weighted by atomic mass is 35.5. The Hall–Kier alpha value is -1.60. The second kappa shape index (κ2) is 5.58. The van der Waals surface area contributed by atoms with Crippen molar-refractivity contribution in [3.05, 3.63) is 69.2 Å². The minimum absolute atomic E-state index is 0.0648. The fraction of sp³-hybridized carbons (Fsp3) is 0.235. The van der Waals surface area contributed by atoms with Crippen molar-refractivity contribution in [2.45, 2.75) is 27.2 Å². The lowest BCUT2D eigenvalue weighted by Gasteiger charge is -2.07. The van der Waals surface area contributed by atoms with Gasteiger partial charge in [-0.3, -0.25) is 4.79 Å². The number of hydrogen-bond donors (Lipinski definition) is 0. The van der Waals surface area contributed by atoms with Crippen LogP contribution in [0.2, 0.25) is 5.02 Å². The molecule has 2 aromatic carbocycles. The number of benzene rings is 2. The fourth-order valence-electron chi connectivity index (χ4n) is 2.30. The van der Waals surface area contributed by atoms with Crippen LogP contribution in [0.1, 0.15) is 32.6 Å². The summed E-state index contributed by atoms with van der Waals surface area (Å²) in [6.07, 6.45) is 0.394. The lowest BCUT2D eigenvalue weighted by molar-refractivity contribution is 0.0993. The minimum atomic E-state index is 0.0648. The van der Waals surface area contributed by atoms with Gasteiger partial charge in [0, 0.05) is 12.0 Å². The second-order valence-electron chi connectivity index (χ2n) is 5.08. The first-order valence-corrected chi connectivity index (χ1v) is 6.70. The van der Waals surface area contributed by atoms with Gasteiger partial charge in [0.2, 0.25) is 0 Å². The lowest BCUT2D eigenvalue weighted by Crippen LogP contribution is -2.05. The lowest BCUT2D eigenvalue weighted by atomic mass is 9.99. The number of Topliss-reactive ketones (excluding diaryl/α,β-unsaturated/α-hetero) is 1. The van der Waals surface area contributed by atoms with Gasteiger partial charge in [-0.25, -0.2) is 0 Å². The van der Waals surface area contributed by atoms with Gasteiger partial charge in [-0.2, -0.15) is 0 Å². The maximum atomic E-state index is 12.3. The summed E-state index contributed by atoms with van der Waals surface area (Å²) in [5.74, 6) is 0.0648. The SMILES string of the molecule is Cc1cc(C)cc(CC(=O)c2ccc(C)cc2Cl)c1. The van der Waals surface area contributed by atoms with Crippen LogP contribution in [0.15, 0.2) is 36.4 Å². The Bertz CT molecular complexity index is 609. The van der Waals surface area contributed by atoms with Crippen molar-refractivity contribution in [1.82, 2.24) is 0 Å². The van der Waals surface area contributed by atoms with E-state index in [9.17, 15) is 4.79 Å². The van der Waals surface area contributed by atoms with E-state index < -0.39 is 0 Å². The van der Waals surface area contributed by atoms with E-state index in [0.717, 1.165) is 11.1 Å². The van der Waals surface area contributed by atoms with Crippen molar-refractivity contribution in [2.75, 3.05) is 0 Å². The Labute approximate surface area is 119 Å². The summed E-state index contributed by atoms with van der Waals surface area (Å²) >= 11 is 6.13. The molecule has 0 N–H and O–H groups in total. The zero-order valence-corrected chi connectivity index (χ0v) is 12.2. The molecule has 0 aliphatic rings. The van der Waals surface area contributed by atoms with Crippen molar-refractivity contribution in [2.24, 2.45) is 0 Å². The number of halogens is 1. The highest BCUT2D eigenvalue weighted by Gasteiger charge is 2.11. The van der Waals surface area contributed by atoms with Crippen molar-refractivity contribution in [3.63, 3.8) is 0 Å². The van der Waals surface area contributed by atoms with E-state index in [1.165, 1.54) is 11.1 Å². The molecule has 0 amide bonds. The van der Waals surface area contributed by atoms with Gasteiger partial charge in [0.25, 0.3) is 0 Å². The quantitative estimate of drug-likeness (QED) is 0.741. The molecular weight excluding hydrogens is 256 g/mol. The van der Waals surface area contributed by atoms with Gasteiger partial charge in [0.15, 0.2) is 5.78 Å². The summed E-state index contributed by atoms with van der Waals surface area (Å²) in [5.41, 5.74) is 5.06. The summed E-state index contributed by atoms with van der Waals surface area (Å²) < 4.78 is 0. The molecule has 2 aromatic rings. The van der Waals surface area contributed by atoms with Crippen molar-refractivity contribution < 1.29 is 4.79 Å². The molecule has 0 bridgehead atoms. The number of aryl methyl sites for hydroxylation is 3. The first kappa shape index (κ1) is 13.8. The number of hydrogen-bond acceptors (Lipinski definition) is 1. The molecule has 98 valence electrons. The molecule has 0 aliphatic heterocycles. The van der Waals surface area contributed by atoms with Crippen molar-refractivity contribution in [1.29, 1.82) is 0 Å². The molecule has 0 saturated heterocycles. The fourth-order valence-corrected chi connectivity index (χ4v) is 2.64. The summed E-state index contributed by atoms with van der Waals surface area (Å²) in [4.78, 5) is 12.3. The van der Waals surface area contributed by atoms with Gasteiger partial charge in [-0.15, -0.1) is 0 Å². The largest absolute Gasteiger partial charge is 0.294 e. The van der Waals surface area contributed by atoms with Gasteiger partial charge >= 0.3 is 0 Å². The first-order valence-electron chi connectivity index (χ1n) is 6.32. The molecular formula is C17H17ClO. The number of ketones is 1. The van der Waals surface area contributed by atoms with Crippen LogP contribution in [0.3, 0.4) is 0 Å². The molecule has 19 heavy (non-hydrogen) atoms. The van der Waals surface area contributed by atoms with Crippen LogP contribution < -0.4 is 0 Å². The molecule has 0 aliphatic carbocycles. The van der Waals surface area contributed by atoms with Crippen molar-refractivity contribution >= 4 is 17.4 Å². The maximum absolute atomic E-state index is 12.3. The third-order valence-corrected chi connectivity index (χ3v) is 3.38. The van der Waals surface area contributed by atoms with Gasteiger partial charge in [-0.05, 0) is 44.0 Å². The Morgan fingerprint density at radius 1 is 0.947 bits per heavy atom. The zero-order valence-electron chi connectivity index (χ0n) is 11.5. The predicted molar refractivity (Wildman–Crippen MR) is 80.1 cm³/mol. The summed E-state index contributed by atoms with van der Waals surface area (Å²) in [6.45, 7) is 6.05. The normalized spacial score (nSPS) is 10.5. The number of carbonyl (C=O) groups is 1. The summed E-state index contributed by atoms with van der Waals surface area (Å²) in [6, 6.07) is 11.8. The molecule has 0 spiro atoms. The van der Waals surface area contributed by atoms with Crippen LogP contribution >= 0.6 is 11.6 Å². The van der Waals surface area contributed by atoms with E-state index in [-0.39, 0.29) is 5.78 Å². The summed E-state index contributed by atoms with van der Waals surface area (Å²) in [7, 11) is 0. The van der Waals surface area contributed by atoms with E-state index in [0.29, 0.717) is 17.0 Å². The van der Waals surface area contributed by atoms with E-state index in [2.05, 4.69) is 6.07 Å². The standard InChI is InChI=1S/C17H17ClO/c1-11-4-5-15(16(18)9-11)17(19)10-14-7-12(2)6-13(3)8-14/h4-9H,10H2,1-3H3. The van der Waals surface area contributed by atoms with Gasteiger partial charge in [0.1, 0.15) is 0 Å². The van der Waals surface area contributed by atoms with Crippen LogP contribution in [-0.2, 0) is 6.42 Å². The predicted octanol–water partition coefficient (Wildman–Crippen LogP) is 4.69. The molecule has 0 radical (unpaired) electrons. The molecule has 0 heterocycles. The third kappa shape index (κ3) is 3.45. The Morgan fingerprint density at radius 2 is 1.58 bits per heavy atom. The summed E-state index contributed by atoms with van der Waals surface area (Å²) in [5, 5.41) is 0.536. The van der Waals surface area contributed by atoms with E-state index in [1.54, 1.807) is 0 Å². The Kier molecular flexibility index (Phi) is 4.06. The van der Waals surface area contributed by atoms with E-state index in [4.69, 9.17) is 11.6 Å². The van der Waals surface area contributed by atoms with Crippen LogP contribution in [-0.4, -0.2) is 5.78 Å². The molecule has 0 fully saturated rings. The van der Waals surface area contributed by atoms with Gasteiger partial charge < -0.3 is 0 Å². The molecule has 0 aromatic heterocycles. The average Bonchev–Trinajstić information content (AvgIpc) is 2.26. The topological polar surface area (TPSA) is 17.1 Å². The van der Waals surface area contributed by atoms with Crippen LogP contribution in [0, 0.1) is 20.8 Å². The van der Waals surface area contributed by atoms with Crippen molar-refractivity contribution in [3.8, 4) is 0 Å². The van der Waals surface area contributed by atoms with Gasteiger partial charge in [0.05, 0.1) is 5.02 Å². The van der Waals surface area contributed by atoms with Crippen LogP contribution in [0.25, 0.3) is 0 Å². The van der Waals surface area contributed by atoms with Crippen LogP contribution in [0.4, 0.5) is 0 Å². The van der Waals surface area contributed by atoms with Gasteiger partial charge in [-0.1, -0.05) is 47.0 Å². The van der Waals surface area contributed by atoms with E-state index in [1.807, 2.05) is 51.1 Å². The van der Waals surface area contributed by atoms with Crippen LogP contribution in [0.5, 0.6) is 0 Å². The molecule has 0 saturated carbocycles. The highest BCUT2D eigenvalue weighted by Crippen LogP contribution is 2.20. The monoisotopic (exact) mass is 272 g/mol. The zero-order chi connectivity index (χ0) is 14.0. The average molecular weight is 273 g/mol. The second-order valence-corrected chi connectivity index (χ2v) is 5.49. The smallest absolute Gasteiger partial charge is 0.168 e.